The molecule has 0 unspecified atom stereocenters. The summed E-state index contributed by atoms with van der Waals surface area (Å²) in [5.41, 5.74) is 4.43. The summed E-state index contributed by atoms with van der Waals surface area (Å²) in [6, 6.07) is 13.8. The molecule has 32 heavy (non-hydrogen) atoms. The van der Waals surface area contributed by atoms with Gasteiger partial charge >= 0.3 is 0 Å². The largest absolute Gasteiger partial charge is 0.484 e. The maximum atomic E-state index is 12.7. The van der Waals surface area contributed by atoms with Crippen LogP contribution in [0.2, 0.25) is 0 Å². The first-order valence-corrected chi connectivity index (χ1v) is 11.2. The maximum absolute atomic E-state index is 12.7. The normalized spacial score (nSPS) is 14.2. The minimum absolute atomic E-state index is 0.0233. The van der Waals surface area contributed by atoms with Crippen LogP contribution in [0.3, 0.4) is 0 Å². The molecule has 1 aromatic carbocycles. The van der Waals surface area contributed by atoms with E-state index in [0.717, 1.165) is 41.7 Å². The van der Waals surface area contributed by atoms with E-state index in [-0.39, 0.29) is 12.5 Å². The van der Waals surface area contributed by atoms with Gasteiger partial charge < -0.3 is 14.5 Å². The van der Waals surface area contributed by atoms with E-state index in [1.54, 1.807) is 6.20 Å². The van der Waals surface area contributed by atoms with Gasteiger partial charge in [0, 0.05) is 32.4 Å². The van der Waals surface area contributed by atoms with Crippen molar-refractivity contribution in [2.75, 3.05) is 37.7 Å². The molecule has 0 radical (unpaired) electrons. The lowest BCUT2D eigenvalue weighted by molar-refractivity contribution is -0.133. The molecule has 7 heteroatoms. The Hall–Kier alpha value is -3.35. The average molecular weight is 434 g/mol. The SMILES string of the molecule is Cc1nn(-c2ccccn2)c(C)c1N1CCN(C(=O)COc2ccc(C(C)C)cc2)CC1. The van der Waals surface area contributed by atoms with Gasteiger partial charge in [0.05, 0.1) is 17.1 Å². The van der Waals surface area contributed by atoms with Gasteiger partial charge in [0.15, 0.2) is 12.4 Å². The van der Waals surface area contributed by atoms with Gasteiger partial charge in [-0.05, 0) is 49.6 Å². The summed E-state index contributed by atoms with van der Waals surface area (Å²) >= 11 is 0. The minimum atomic E-state index is 0.0233. The second-order valence-corrected chi connectivity index (χ2v) is 8.50. The molecule has 7 nitrogen and oxygen atoms in total. The lowest BCUT2D eigenvalue weighted by atomic mass is 10.0. The summed E-state index contributed by atoms with van der Waals surface area (Å²) in [4.78, 5) is 21.3. The summed E-state index contributed by atoms with van der Waals surface area (Å²) in [5, 5.41) is 4.70. The third-order valence-corrected chi connectivity index (χ3v) is 5.98. The topological polar surface area (TPSA) is 63.5 Å². The molecule has 1 aliphatic heterocycles. The summed E-state index contributed by atoms with van der Waals surface area (Å²) in [6.45, 7) is 11.4. The highest BCUT2D eigenvalue weighted by molar-refractivity contribution is 5.78. The monoisotopic (exact) mass is 433 g/mol. The van der Waals surface area contributed by atoms with Crippen molar-refractivity contribution < 1.29 is 9.53 Å². The van der Waals surface area contributed by atoms with Gasteiger partial charge in [-0.25, -0.2) is 9.67 Å². The Morgan fingerprint density at radius 2 is 1.75 bits per heavy atom. The van der Waals surface area contributed by atoms with E-state index < -0.39 is 0 Å². The maximum Gasteiger partial charge on any atom is 0.260 e. The lowest BCUT2D eigenvalue weighted by Crippen LogP contribution is -2.50. The fourth-order valence-electron chi connectivity index (χ4n) is 4.16. The number of rotatable bonds is 6. The number of aromatic nitrogens is 3. The Bertz CT molecular complexity index is 1050. The van der Waals surface area contributed by atoms with Crippen molar-refractivity contribution in [2.45, 2.75) is 33.6 Å². The van der Waals surface area contributed by atoms with E-state index in [0.29, 0.717) is 19.0 Å². The number of hydrogen-bond donors (Lipinski definition) is 0. The van der Waals surface area contributed by atoms with Gasteiger partial charge in [0.25, 0.3) is 5.91 Å². The number of anilines is 1. The fourth-order valence-corrected chi connectivity index (χ4v) is 4.16. The van der Waals surface area contributed by atoms with Crippen LogP contribution in [0.15, 0.2) is 48.7 Å². The minimum Gasteiger partial charge on any atom is -0.484 e. The molecule has 3 aromatic rings. The lowest BCUT2D eigenvalue weighted by Gasteiger charge is -2.36. The molecule has 0 N–H and O–H groups in total. The van der Waals surface area contributed by atoms with Gasteiger partial charge in [-0.3, -0.25) is 4.79 Å². The van der Waals surface area contributed by atoms with Gasteiger partial charge in [0.2, 0.25) is 0 Å². The zero-order valence-electron chi connectivity index (χ0n) is 19.3. The highest BCUT2D eigenvalue weighted by atomic mass is 16.5. The molecule has 1 amide bonds. The number of benzene rings is 1. The molecular formula is C25H31N5O2. The van der Waals surface area contributed by atoms with Crippen molar-refractivity contribution in [2.24, 2.45) is 0 Å². The van der Waals surface area contributed by atoms with E-state index in [1.165, 1.54) is 5.56 Å². The number of hydrogen-bond acceptors (Lipinski definition) is 5. The molecule has 4 rings (SSSR count). The van der Waals surface area contributed by atoms with Crippen LogP contribution < -0.4 is 9.64 Å². The molecule has 0 spiro atoms. The number of piperazine rings is 1. The average Bonchev–Trinajstić information content (AvgIpc) is 3.12. The molecule has 168 valence electrons. The third kappa shape index (κ3) is 4.61. The van der Waals surface area contributed by atoms with Crippen LogP contribution in [0.1, 0.15) is 36.7 Å². The van der Waals surface area contributed by atoms with Crippen LogP contribution >= 0.6 is 0 Å². The van der Waals surface area contributed by atoms with Crippen LogP contribution in [0.5, 0.6) is 5.75 Å². The van der Waals surface area contributed by atoms with E-state index in [2.05, 4.69) is 42.8 Å². The number of pyridine rings is 1. The zero-order chi connectivity index (χ0) is 22.7. The Balaban J connectivity index is 1.34. The predicted octanol–water partition coefficient (Wildman–Crippen LogP) is 3.74. The first-order chi connectivity index (χ1) is 15.4. The summed E-state index contributed by atoms with van der Waals surface area (Å²) in [7, 11) is 0. The van der Waals surface area contributed by atoms with Gasteiger partial charge in [-0.1, -0.05) is 32.0 Å². The summed E-state index contributed by atoms with van der Waals surface area (Å²) in [5.74, 6) is 2.04. The summed E-state index contributed by atoms with van der Waals surface area (Å²) in [6.07, 6.45) is 1.77. The quantitative estimate of drug-likeness (QED) is 0.593. The number of aryl methyl sites for hydroxylation is 1. The van der Waals surface area contributed by atoms with Crippen molar-refractivity contribution in [3.8, 4) is 11.6 Å². The molecule has 0 bridgehead atoms. The third-order valence-electron chi connectivity index (χ3n) is 5.98. The smallest absolute Gasteiger partial charge is 0.260 e. The Labute approximate surface area is 189 Å². The summed E-state index contributed by atoms with van der Waals surface area (Å²) < 4.78 is 7.62. The second-order valence-electron chi connectivity index (χ2n) is 8.50. The fraction of sp³-hybridized carbons (Fsp3) is 0.400. The van der Waals surface area contributed by atoms with Crippen LogP contribution in [-0.4, -0.2) is 58.4 Å². The van der Waals surface area contributed by atoms with Crippen molar-refractivity contribution in [1.82, 2.24) is 19.7 Å². The van der Waals surface area contributed by atoms with E-state index >= 15 is 0 Å². The molecule has 0 atom stereocenters. The van der Waals surface area contributed by atoms with Crippen LogP contribution in [0.25, 0.3) is 5.82 Å². The van der Waals surface area contributed by atoms with Crippen LogP contribution in [0.4, 0.5) is 5.69 Å². The molecule has 1 aliphatic rings. The van der Waals surface area contributed by atoms with Crippen LogP contribution in [-0.2, 0) is 4.79 Å². The van der Waals surface area contributed by atoms with Gasteiger partial charge in [-0.15, -0.1) is 0 Å². The van der Waals surface area contributed by atoms with Gasteiger partial charge in [0.1, 0.15) is 5.75 Å². The number of ether oxygens (including phenoxy) is 1. The van der Waals surface area contributed by atoms with Crippen molar-refractivity contribution in [3.05, 3.63) is 65.6 Å². The first-order valence-electron chi connectivity index (χ1n) is 11.2. The number of amides is 1. The predicted molar refractivity (Wildman–Crippen MR) is 126 cm³/mol. The zero-order valence-corrected chi connectivity index (χ0v) is 19.3. The Kier molecular flexibility index (Phi) is 6.44. The molecule has 3 heterocycles. The van der Waals surface area contributed by atoms with E-state index in [9.17, 15) is 4.79 Å². The Morgan fingerprint density at radius 1 is 1.03 bits per heavy atom. The van der Waals surface area contributed by atoms with Crippen molar-refractivity contribution in [3.63, 3.8) is 0 Å². The Morgan fingerprint density at radius 3 is 2.38 bits per heavy atom. The number of carbonyl (C=O) groups is 1. The molecule has 0 aliphatic carbocycles. The highest BCUT2D eigenvalue weighted by Crippen LogP contribution is 2.27. The molecule has 1 saturated heterocycles. The van der Waals surface area contributed by atoms with Crippen molar-refractivity contribution in [1.29, 1.82) is 0 Å². The highest BCUT2D eigenvalue weighted by Gasteiger charge is 2.26. The van der Waals surface area contributed by atoms with Crippen LogP contribution in [0, 0.1) is 13.8 Å². The van der Waals surface area contributed by atoms with Gasteiger partial charge in [-0.2, -0.15) is 5.10 Å². The molecule has 2 aromatic heterocycles. The second kappa shape index (κ2) is 9.42. The van der Waals surface area contributed by atoms with E-state index in [4.69, 9.17) is 9.84 Å². The number of nitrogens with zero attached hydrogens (tertiary/aromatic N) is 5. The number of carbonyl (C=O) groups excluding carboxylic acids is 1. The molecule has 0 saturated carbocycles. The first kappa shape index (κ1) is 21.9. The molecule has 1 fully saturated rings. The standard InChI is InChI=1S/C25H31N5O2/c1-18(2)21-8-10-22(11-9-21)32-17-24(31)28-13-15-29(16-14-28)25-19(3)27-30(20(25)4)23-7-5-6-12-26-23/h5-12,18H,13-17H2,1-4H3. The molecular weight excluding hydrogens is 402 g/mol. The van der Waals surface area contributed by atoms with E-state index in [1.807, 2.05) is 46.8 Å². The van der Waals surface area contributed by atoms with Crippen molar-refractivity contribution >= 4 is 11.6 Å².